The minimum absolute atomic E-state index is 0.0177. The van der Waals surface area contributed by atoms with Gasteiger partial charge in [-0.3, -0.25) is 9.69 Å². The fourth-order valence-electron chi connectivity index (χ4n) is 3.23. The first-order chi connectivity index (χ1) is 15.9. The molecule has 0 aliphatic carbocycles. The number of hydrogen-bond acceptors (Lipinski definition) is 6. The minimum atomic E-state index is -1.01. The number of aliphatic imine (C=N–C) groups is 1. The Bertz CT molecular complexity index is 1250. The van der Waals surface area contributed by atoms with E-state index >= 15 is 0 Å². The van der Waals surface area contributed by atoms with Crippen LogP contribution in [0.3, 0.4) is 0 Å². The van der Waals surface area contributed by atoms with Crippen LogP contribution in [0.4, 0.5) is 5.69 Å². The molecule has 3 aromatic carbocycles. The summed E-state index contributed by atoms with van der Waals surface area (Å²) in [6.07, 6.45) is 1.69. The summed E-state index contributed by atoms with van der Waals surface area (Å²) in [5.41, 5.74) is 2.32. The van der Waals surface area contributed by atoms with Crippen LogP contribution >= 0.6 is 11.8 Å². The molecule has 0 unspecified atom stereocenters. The van der Waals surface area contributed by atoms with Crippen molar-refractivity contribution in [3.63, 3.8) is 0 Å². The highest BCUT2D eigenvalue weighted by atomic mass is 32.2. The van der Waals surface area contributed by atoms with E-state index in [0.717, 1.165) is 5.56 Å². The third-order valence-corrected chi connectivity index (χ3v) is 5.92. The molecule has 0 spiro atoms. The summed E-state index contributed by atoms with van der Waals surface area (Å²) in [5, 5.41) is 19.7. The highest BCUT2D eigenvalue weighted by Gasteiger charge is 2.33. The van der Waals surface area contributed by atoms with Crippen molar-refractivity contribution in [2.45, 2.75) is 6.54 Å². The zero-order valence-corrected chi connectivity index (χ0v) is 18.5. The lowest BCUT2D eigenvalue weighted by Crippen LogP contribution is -2.28. The summed E-state index contributed by atoms with van der Waals surface area (Å²) in [5.74, 6) is -0.905. The largest absolute Gasteiger partial charge is 0.504 e. The third-order valence-electron chi connectivity index (χ3n) is 4.91. The molecule has 0 radical (unpaired) electrons. The van der Waals surface area contributed by atoms with Crippen LogP contribution in [0.15, 0.2) is 82.7 Å². The quantitative estimate of drug-likeness (QED) is 0.508. The van der Waals surface area contributed by atoms with E-state index in [2.05, 4.69) is 4.99 Å². The third kappa shape index (κ3) is 5.07. The number of methoxy groups -OCH3 is 1. The second-order valence-electron chi connectivity index (χ2n) is 7.17. The van der Waals surface area contributed by atoms with Gasteiger partial charge in [-0.25, -0.2) is 9.79 Å². The number of carboxylic acids is 1. The molecule has 0 aromatic heterocycles. The van der Waals surface area contributed by atoms with Gasteiger partial charge in [0.05, 0.1) is 29.8 Å². The highest BCUT2D eigenvalue weighted by molar-refractivity contribution is 8.18. The lowest BCUT2D eigenvalue weighted by Gasteiger charge is -2.16. The summed E-state index contributed by atoms with van der Waals surface area (Å²) >= 11 is 1.24. The molecular weight excluding hydrogens is 440 g/mol. The van der Waals surface area contributed by atoms with E-state index in [1.165, 1.54) is 37.1 Å². The molecule has 166 valence electrons. The van der Waals surface area contributed by atoms with Crippen LogP contribution in [0.25, 0.3) is 6.08 Å². The Balaban J connectivity index is 1.67. The van der Waals surface area contributed by atoms with Crippen LogP contribution in [0.2, 0.25) is 0 Å². The molecule has 0 bridgehead atoms. The lowest BCUT2D eigenvalue weighted by atomic mass is 10.1. The van der Waals surface area contributed by atoms with Crippen LogP contribution in [0, 0.1) is 0 Å². The average molecular weight is 461 g/mol. The number of rotatable bonds is 6. The number of aromatic carboxylic acids is 1. The van der Waals surface area contributed by atoms with E-state index in [4.69, 9.17) is 9.84 Å². The van der Waals surface area contributed by atoms with Crippen LogP contribution in [-0.2, 0) is 11.3 Å². The Hall–Kier alpha value is -4.04. The van der Waals surface area contributed by atoms with Gasteiger partial charge >= 0.3 is 5.97 Å². The van der Waals surface area contributed by atoms with Crippen molar-refractivity contribution >= 4 is 40.6 Å². The second-order valence-corrected chi connectivity index (χ2v) is 8.17. The van der Waals surface area contributed by atoms with E-state index in [-0.39, 0.29) is 23.8 Å². The Kier molecular flexibility index (Phi) is 6.46. The molecular formula is C25H20N2O5S. The standard InChI is InChI=1S/C25H20N2O5S/c1-32-21-12-9-17(13-20(21)28)14-22-23(29)27(15-16-7-10-18(11-8-16)24(30)31)25(33-22)26-19-5-3-2-4-6-19/h2-14,28H,15H2,1H3,(H,30,31)/b22-14-,26-25?. The maximum atomic E-state index is 13.3. The smallest absolute Gasteiger partial charge is 0.335 e. The van der Waals surface area contributed by atoms with Gasteiger partial charge in [0.1, 0.15) is 0 Å². The molecule has 1 aliphatic heterocycles. The molecule has 1 saturated heterocycles. The predicted molar refractivity (Wildman–Crippen MR) is 128 cm³/mol. The molecule has 7 nitrogen and oxygen atoms in total. The number of carbonyl (C=O) groups excluding carboxylic acids is 1. The van der Waals surface area contributed by atoms with Gasteiger partial charge < -0.3 is 14.9 Å². The number of phenols is 1. The summed E-state index contributed by atoms with van der Waals surface area (Å²) < 4.78 is 5.07. The highest BCUT2D eigenvalue weighted by Crippen LogP contribution is 2.36. The summed E-state index contributed by atoms with van der Waals surface area (Å²) in [7, 11) is 1.47. The molecule has 1 aliphatic rings. The van der Waals surface area contributed by atoms with Crippen molar-refractivity contribution < 1.29 is 24.5 Å². The molecule has 3 aromatic rings. The van der Waals surface area contributed by atoms with Crippen LogP contribution < -0.4 is 4.74 Å². The van der Waals surface area contributed by atoms with Crippen LogP contribution in [0.5, 0.6) is 11.5 Å². The van der Waals surface area contributed by atoms with Crippen molar-refractivity contribution in [3.05, 3.63) is 94.4 Å². The van der Waals surface area contributed by atoms with Crippen LogP contribution in [0.1, 0.15) is 21.5 Å². The molecule has 1 amide bonds. The Morgan fingerprint density at radius 2 is 1.82 bits per heavy atom. The lowest BCUT2D eigenvalue weighted by molar-refractivity contribution is -0.122. The van der Waals surface area contributed by atoms with E-state index < -0.39 is 5.97 Å². The summed E-state index contributed by atoms with van der Waals surface area (Å²) in [4.78, 5) is 31.1. The Morgan fingerprint density at radius 1 is 1.09 bits per heavy atom. The number of ether oxygens (including phenoxy) is 1. The zero-order valence-electron chi connectivity index (χ0n) is 17.6. The number of hydrogen-bond donors (Lipinski definition) is 2. The number of benzene rings is 3. The fraction of sp³-hybridized carbons (Fsp3) is 0.0800. The van der Waals surface area contributed by atoms with E-state index in [9.17, 15) is 14.7 Å². The number of para-hydroxylation sites is 1. The second kappa shape index (κ2) is 9.62. The maximum absolute atomic E-state index is 13.3. The molecule has 1 fully saturated rings. The number of thioether (sulfide) groups is 1. The Morgan fingerprint density at radius 3 is 2.45 bits per heavy atom. The first-order valence-corrected chi connectivity index (χ1v) is 10.8. The normalized spacial score (nSPS) is 15.9. The van der Waals surface area contributed by atoms with Gasteiger partial charge in [-0.1, -0.05) is 36.4 Å². The molecule has 0 saturated carbocycles. The number of carbonyl (C=O) groups is 2. The molecule has 0 atom stereocenters. The molecule has 33 heavy (non-hydrogen) atoms. The van der Waals surface area contributed by atoms with Gasteiger partial charge in [0, 0.05) is 0 Å². The minimum Gasteiger partial charge on any atom is -0.504 e. The van der Waals surface area contributed by atoms with E-state index in [1.807, 2.05) is 30.3 Å². The topological polar surface area (TPSA) is 99.4 Å². The number of nitrogens with zero attached hydrogens (tertiary/aromatic N) is 2. The monoisotopic (exact) mass is 460 g/mol. The van der Waals surface area contributed by atoms with Gasteiger partial charge in [-0.2, -0.15) is 0 Å². The molecule has 8 heteroatoms. The van der Waals surface area contributed by atoms with Gasteiger partial charge in [-0.15, -0.1) is 0 Å². The fourth-order valence-corrected chi connectivity index (χ4v) is 4.23. The number of amides is 1. The Labute approximate surface area is 194 Å². The average Bonchev–Trinajstić information content (AvgIpc) is 3.09. The zero-order chi connectivity index (χ0) is 23.4. The van der Waals surface area contributed by atoms with Crippen molar-refractivity contribution in [3.8, 4) is 11.5 Å². The SMILES string of the molecule is COc1ccc(/C=C2\SC(=Nc3ccccc3)N(Cc3ccc(C(=O)O)cc3)C2=O)cc1O. The molecule has 2 N–H and O–H groups in total. The van der Waals surface area contributed by atoms with Crippen LogP contribution in [-0.4, -0.2) is 39.3 Å². The number of phenolic OH excluding ortho intramolecular Hbond substituents is 1. The van der Waals surface area contributed by atoms with Crippen molar-refractivity contribution in [1.29, 1.82) is 0 Å². The predicted octanol–water partition coefficient (Wildman–Crippen LogP) is 4.90. The van der Waals surface area contributed by atoms with Crippen molar-refractivity contribution in [2.24, 2.45) is 4.99 Å². The van der Waals surface area contributed by atoms with Crippen molar-refractivity contribution in [2.75, 3.05) is 7.11 Å². The van der Waals surface area contributed by atoms with Gasteiger partial charge in [-0.05, 0) is 65.4 Å². The summed E-state index contributed by atoms with van der Waals surface area (Å²) in [6.45, 7) is 0.239. The van der Waals surface area contributed by atoms with E-state index in [1.54, 1.807) is 35.2 Å². The first-order valence-electron chi connectivity index (χ1n) is 9.99. The maximum Gasteiger partial charge on any atom is 0.335 e. The summed E-state index contributed by atoms with van der Waals surface area (Å²) in [6, 6.07) is 20.6. The van der Waals surface area contributed by atoms with Gasteiger partial charge in [0.15, 0.2) is 16.7 Å². The van der Waals surface area contributed by atoms with E-state index in [0.29, 0.717) is 27.1 Å². The van der Waals surface area contributed by atoms with Gasteiger partial charge in [0.25, 0.3) is 5.91 Å². The molecule has 1 heterocycles. The first kappa shape index (κ1) is 22.2. The van der Waals surface area contributed by atoms with Gasteiger partial charge in [0.2, 0.25) is 0 Å². The number of amidine groups is 1. The molecule has 4 rings (SSSR count). The number of carboxylic acid groups (broad SMARTS) is 1. The number of aromatic hydroxyl groups is 1. The van der Waals surface area contributed by atoms with Crippen molar-refractivity contribution in [1.82, 2.24) is 4.90 Å².